The molecule has 1 aromatic carbocycles. The highest BCUT2D eigenvalue weighted by molar-refractivity contribution is 9.10. The van der Waals surface area contributed by atoms with Crippen molar-refractivity contribution in [2.24, 2.45) is 0 Å². The molecule has 6 nitrogen and oxygen atoms in total. The van der Waals surface area contributed by atoms with Crippen molar-refractivity contribution in [2.75, 3.05) is 11.9 Å². The fraction of sp³-hybridized carbons (Fsp3) is 0.133. The average molecular weight is 397 g/mol. The van der Waals surface area contributed by atoms with Gasteiger partial charge in [-0.1, -0.05) is 12.1 Å². The lowest BCUT2D eigenvalue weighted by atomic mass is 10.2. The van der Waals surface area contributed by atoms with Crippen molar-refractivity contribution in [1.82, 2.24) is 5.32 Å². The van der Waals surface area contributed by atoms with Crippen LogP contribution in [0.3, 0.4) is 0 Å². The van der Waals surface area contributed by atoms with Crippen molar-refractivity contribution in [3.8, 4) is 0 Å². The molecule has 0 aliphatic rings. The van der Waals surface area contributed by atoms with Crippen LogP contribution in [-0.2, 0) is 4.74 Å². The molecule has 2 rings (SSSR count). The lowest BCUT2D eigenvalue weighted by molar-refractivity contribution is 0.0926. The van der Waals surface area contributed by atoms with E-state index in [1.165, 1.54) is 17.4 Å². The molecule has 0 saturated carbocycles. The molecule has 2 N–H and O–H groups in total. The number of hydrogen-bond donors (Lipinski definition) is 2. The summed E-state index contributed by atoms with van der Waals surface area (Å²) in [6, 6.07) is 8.46. The van der Waals surface area contributed by atoms with Crippen LogP contribution >= 0.6 is 27.3 Å². The van der Waals surface area contributed by atoms with E-state index in [9.17, 15) is 14.4 Å². The van der Waals surface area contributed by atoms with E-state index in [4.69, 9.17) is 0 Å². The van der Waals surface area contributed by atoms with Gasteiger partial charge in [-0.25, -0.2) is 4.79 Å². The molecule has 1 heterocycles. The molecule has 0 atom stereocenters. The summed E-state index contributed by atoms with van der Waals surface area (Å²) in [5.41, 5.74) is 0.640. The first-order valence-electron chi connectivity index (χ1n) is 6.64. The molecular weight excluding hydrogens is 384 g/mol. The van der Waals surface area contributed by atoms with Crippen LogP contribution in [0.1, 0.15) is 27.6 Å². The number of thiophene rings is 1. The minimum Gasteiger partial charge on any atom is -0.450 e. The van der Waals surface area contributed by atoms with Crippen LogP contribution in [0.4, 0.5) is 9.80 Å². The zero-order valence-corrected chi connectivity index (χ0v) is 14.5. The van der Waals surface area contributed by atoms with E-state index in [1.807, 2.05) is 0 Å². The van der Waals surface area contributed by atoms with Crippen molar-refractivity contribution >= 4 is 50.2 Å². The van der Waals surface area contributed by atoms with Crippen molar-refractivity contribution in [2.45, 2.75) is 6.92 Å². The Morgan fingerprint density at radius 1 is 1.13 bits per heavy atom. The van der Waals surface area contributed by atoms with Crippen molar-refractivity contribution in [3.05, 3.63) is 51.3 Å². The predicted molar refractivity (Wildman–Crippen MR) is 90.9 cm³/mol. The van der Waals surface area contributed by atoms with Crippen LogP contribution < -0.4 is 10.6 Å². The van der Waals surface area contributed by atoms with Gasteiger partial charge in [-0.2, -0.15) is 0 Å². The van der Waals surface area contributed by atoms with Gasteiger partial charge in [0.1, 0.15) is 5.00 Å². The quantitative estimate of drug-likeness (QED) is 0.825. The number of anilines is 1. The summed E-state index contributed by atoms with van der Waals surface area (Å²) in [6.07, 6.45) is -0.827. The first-order chi connectivity index (χ1) is 11.0. The Labute approximate surface area is 145 Å². The SMILES string of the molecule is CCOC(=O)NC(=O)c1ccsc1NC(=O)c1ccccc1Br. The van der Waals surface area contributed by atoms with Crippen LogP contribution in [0.15, 0.2) is 40.2 Å². The third kappa shape index (κ3) is 4.40. The molecule has 0 spiro atoms. The highest BCUT2D eigenvalue weighted by atomic mass is 79.9. The van der Waals surface area contributed by atoms with E-state index in [0.717, 1.165) is 0 Å². The fourth-order valence-corrected chi connectivity index (χ4v) is 2.97. The Kier molecular flexibility index (Phi) is 5.89. The third-order valence-electron chi connectivity index (χ3n) is 2.75. The largest absolute Gasteiger partial charge is 0.450 e. The van der Waals surface area contributed by atoms with Gasteiger partial charge in [0.25, 0.3) is 11.8 Å². The highest BCUT2D eigenvalue weighted by Gasteiger charge is 2.19. The Hall–Kier alpha value is -2.19. The molecule has 8 heteroatoms. The van der Waals surface area contributed by atoms with E-state index in [0.29, 0.717) is 15.0 Å². The molecular formula is C15H13BrN2O4S. The second-order valence-corrected chi connectivity index (χ2v) is 6.04. The molecule has 120 valence electrons. The van der Waals surface area contributed by atoms with E-state index < -0.39 is 12.0 Å². The third-order valence-corrected chi connectivity index (χ3v) is 4.27. The normalized spacial score (nSPS) is 10.0. The zero-order valence-electron chi connectivity index (χ0n) is 12.1. The molecule has 23 heavy (non-hydrogen) atoms. The number of benzene rings is 1. The van der Waals surface area contributed by atoms with Gasteiger partial charge in [-0.3, -0.25) is 14.9 Å². The van der Waals surface area contributed by atoms with Gasteiger partial charge < -0.3 is 10.1 Å². The maximum Gasteiger partial charge on any atom is 0.414 e. The number of amides is 3. The molecule has 0 fully saturated rings. The van der Waals surface area contributed by atoms with E-state index in [1.54, 1.807) is 36.6 Å². The molecule has 0 aliphatic carbocycles. The Balaban J connectivity index is 2.12. The lowest BCUT2D eigenvalue weighted by Crippen LogP contribution is -2.31. The number of alkyl carbamates (subject to hydrolysis) is 1. The van der Waals surface area contributed by atoms with Crippen LogP contribution in [0.25, 0.3) is 0 Å². The first kappa shape index (κ1) is 17.2. The molecule has 0 saturated heterocycles. The van der Waals surface area contributed by atoms with Gasteiger partial charge in [0.05, 0.1) is 17.7 Å². The number of imide groups is 1. The smallest absolute Gasteiger partial charge is 0.414 e. The molecule has 2 aromatic rings. The van der Waals surface area contributed by atoms with Crippen LogP contribution in [0.2, 0.25) is 0 Å². The van der Waals surface area contributed by atoms with Gasteiger partial charge in [0.15, 0.2) is 0 Å². The zero-order chi connectivity index (χ0) is 16.8. The van der Waals surface area contributed by atoms with Gasteiger partial charge in [0.2, 0.25) is 0 Å². The fourth-order valence-electron chi connectivity index (χ4n) is 1.73. The summed E-state index contributed by atoms with van der Waals surface area (Å²) in [5, 5.41) is 6.77. The van der Waals surface area contributed by atoms with Crippen LogP contribution in [0, 0.1) is 0 Å². The summed E-state index contributed by atoms with van der Waals surface area (Å²) in [6.45, 7) is 1.80. The molecule has 0 unspecified atom stereocenters. The van der Waals surface area contributed by atoms with Gasteiger partial charge in [-0.05, 0) is 46.4 Å². The van der Waals surface area contributed by atoms with Crippen LogP contribution in [-0.4, -0.2) is 24.5 Å². The second-order valence-electron chi connectivity index (χ2n) is 4.27. The van der Waals surface area contributed by atoms with E-state index in [-0.39, 0.29) is 18.1 Å². The summed E-state index contributed by atoms with van der Waals surface area (Å²) in [5.74, 6) is -0.989. The number of halogens is 1. The Morgan fingerprint density at radius 2 is 1.87 bits per heavy atom. The number of hydrogen-bond acceptors (Lipinski definition) is 5. The average Bonchev–Trinajstić information content (AvgIpc) is 2.96. The lowest BCUT2D eigenvalue weighted by Gasteiger charge is -2.08. The molecule has 0 bridgehead atoms. The summed E-state index contributed by atoms with van der Waals surface area (Å²) >= 11 is 4.49. The molecule has 0 aliphatic heterocycles. The highest BCUT2D eigenvalue weighted by Crippen LogP contribution is 2.25. The predicted octanol–water partition coefficient (Wildman–Crippen LogP) is 3.65. The second kappa shape index (κ2) is 7.89. The van der Waals surface area contributed by atoms with Crippen molar-refractivity contribution < 1.29 is 19.1 Å². The van der Waals surface area contributed by atoms with E-state index in [2.05, 4.69) is 31.3 Å². The number of ether oxygens (including phenoxy) is 1. The molecule has 1 aromatic heterocycles. The minimum absolute atomic E-state index is 0.161. The topological polar surface area (TPSA) is 84.5 Å². The summed E-state index contributed by atoms with van der Waals surface area (Å²) in [4.78, 5) is 35.6. The minimum atomic E-state index is -0.827. The van der Waals surface area contributed by atoms with Crippen molar-refractivity contribution in [1.29, 1.82) is 0 Å². The standard InChI is InChI=1S/C15H13BrN2O4S/c1-2-22-15(21)18-13(20)10-7-8-23-14(10)17-12(19)9-5-3-4-6-11(9)16/h3-8H,2H2,1H3,(H,17,19)(H,18,20,21). The van der Waals surface area contributed by atoms with Crippen LogP contribution in [0.5, 0.6) is 0 Å². The monoisotopic (exact) mass is 396 g/mol. The number of carbonyl (C=O) groups is 3. The summed E-state index contributed by atoms with van der Waals surface area (Å²) in [7, 11) is 0. The van der Waals surface area contributed by atoms with E-state index >= 15 is 0 Å². The maximum absolute atomic E-state index is 12.3. The molecule has 3 amide bonds. The number of nitrogens with one attached hydrogen (secondary N) is 2. The Morgan fingerprint density at radius 3 is 2.57 bits per heavy atom. The van der Waals surface area contributed by atoms with Gasteiger partial charge in [0, 0.05) is 4.47 Å². The van der Waals surface area contributed by atoms with Gasteiger partial charge >= 0.3 is 6.09 Å². The van der Waals surface area contributed by atoms with Gasteiger partial charge in [-0.15, -0.1) is 11.3 Å². The van der Waals surface area contributed by atoms with Crippen molar-refractivity contribution in [3.63, 3.8) is 0 Å². The maximum atomic E-state index is 12.3. The summed E-state index contributed by atoms with van der Waals surface area (Å²) < 4.78 is 5.30. The first-order valence-corrected chi connectivity index (χ1v) is 8.31. The Bertz CT molecular complexity index is 745. The number of rotatable bonds is 4. The molecule has 0 radical (unpaired) electrons. The number of carbonyl (C=O) groups excluding carboxylic acids is 3.